The number of aromatic nitrogens is 1. The third-order valence-corrected chi connectivity index (χ3v) is 3.65. The largest absolute Gasteiger partial charge is 0.443 e. The summed E-state index contributed by atoms with van der Waals surface area (Å²) in [5, 5.41) is 0.892. The van der Waals surface area contributed by atoms with Crippen molar-refractivity contribution in [3.8, 4) is 0 Å². The number of hydrogen-bond donors (Lipinski definition) is 0. The van der Waals surface area contributed by atoms with Crippen molar-refractivity contribution in [2.24, 2.45) is 0 Å². The zero-order valence-electron chi connectivity index (χ0n) is 13.1. The fraction of sp³-hybridized carbons (Fsp3) is 0.412. The van der Waals surface area contributed by atoms with Gasteiger partial charge in [-0.25, -0.2) is 4.79 Å². The third kappa shape index (κ3) is 2.58. The van der Waals surface area contributed by atoms with Crippen molar-refractivity contribution in [2.45, 2.75) is 39.2 Å². The summed E-state index contributed by atoms with van der Waals surface area (Å²) in [7, 11) is 0. The van der Waals surface area contributed by atoms with E-state index in [1.165, 1.54) is 4.57 Å². The first-order chi connectivity index (χ1) is 10.4. The second kappa shape index (κ2) is 5.16. The van der Waals surface area contributed by atoms with E-state index in [0.29, 0.717) is 13.0 Å². The van der Waals surface area contributed by atoms with E-state index in [1.54, 1.807) is 11.1 Å². The minimum absolute atomic E-state index is 0.104. The number of carbonyl (C=O) groups is 2. The highest BCUT2D eigenvalue weighted by molar-refractivity contribution is 6.06. The highest BCUT2D eigenvalue weighted by Crippen LogP contribution is 2.32. The molecular formula is C17H20N2O3. The van der Waals surface area contributed by atoms with Crippen molar-refractivity contribution in [1.29, 1.82) is 0 Å². The summed E-state index contributed by atoms with van der Waals surface area (Å²) in [6, 6.07) is 7.57. The number of carbonyl (C=O) groups excluding carboxylic acids is 2. The van der Waals surface area contributed by atoms with Gasteiger partial charge < -0.3 is 9.64 Å². The number of fused-ring (bicyclic) bond motifs is 1. The van der Waals surface area contributed by atoms with Gasteiger partial charge in [0.25, 0.3) is 0 Å². The van der Waals surface area contributed by atoms with E-state index in [2.05, 4.69) is 0 Å². The molecule has 116 valence electrons. The lowest BCUT2D eigenvalue weighted by Gasteiger charge is -2.19. The predicted octanol–water partition coefficient (Wildman–Crippen LogP) is 3.55. The summed E-state index contributed by atoms with van der Waals surface area (Å²) in [4.78, 5) is 26.2. The molecule has 0 unspecified atom stereocenters. The number of amides is 1. The SMILES string of the molecule is CC(C)(C)OC(=O)n1cc(N2CCCC2=O)c2ccccc21. The molecule has 2 heterocycles. The standard InChI is InChI=1S/C17H20N2O3/c1-17(2,3)22-16(21)19-11-14(18-10-6-9-15(18)20)12-7-4-5-8-13(12)19/h4-5,7-8,11H,6,9-10H2,1-3H3. The molecule has 0 saturated carbocycles. The first-order valence-corrected chi connectivity index (χ1v) is 7.50. The minimum atomic E-state index is -0.563. The summed E-state index contributed by atoms with van der Waals surface area (Å²) in [5.41, 5.74) is 0.974. The number of anilines is 1. The van der Waals surface area contributed by atoms with E-state index in [1.807, 2.05) is 45.0 Å². The highest BCUT2D eigenvalue weighted by atomic mass is 16.6. The molecule has 0 atom stereocenters. The van der Waals surface area contributed by atoms with Gasteiger partial charge in [-0.15, -0.1) is 0 Å². The smallest absolute Gasteiger partial charge is 0.419 e. The maximum absolute atomic E-state index is 12.4. The number of ether oxygens (including phenoxy) is 1. The molecule has 22 heavy (non-hydrogen) atoms. The van der Waals surface area contributed by atoms with Crippen LogP contribution < -0.4 is 4.90 Å². The van der Waals surface area contributed by atoms with E-state index in [0.717, 1.165) is 23.0 Å². The van der Waals surface area contributed by atoms with Crippen LogP contribution in [0.2, 0.25) is 0 Å². The first-order valence-electron chi connectivity index (χ1n) is 7.50. The average Bonchev–Trinajstić information content (AvgIpc) is 3.00. The van der Waals surface area contributed by atoms with Gasteiger partial charge in [0.1, 0.15) is 5.60 Å². The molecule has 0 aliphatic carbocycles. The molecule has 1 amide bonds. The second-order valence-corrected chi connectivity index (χ2v) is 6.53. The normalized spacial score (nSPS) is 15.6. The van der Waals surface area contributed by atoms with E-state index >= 15 is 0 Å². The topological polar surface area (TPSA) is 51.5 Å². The van der Waals surface area contributed by atoms with Gasteiger partial charge in [0.2, 0.25) is 5.91 Å². The van der Waals surface area contributed by atoms with Crippen LogP contribution >= 0.6 is 0 Å². The van der Waals surface area contributed by atoms with Crippen LogP contribution in [-0.4, -0.2) is 28.7 Å². The van der Waals surface area contributed by atoms with Crippen molar-refractivity contribution in [1.82, 2.24) is 4.57 Å². The summed E-state index contributed by atoms with van der Waals surface area (Å²) in [6.07, 6.45) is 2.69. The number of para-hydroxylation sites is 1. The van der Waals surface area contributed by atoms with Gasteiger partial charge in [-0.05, 0) is 33.3 Å². The Morgan fingerprint density at radius 3 is 2.59 bits per heavy atom. The van der Waals surface area contributed by atoms with Crippen LogP contribution in [0.15, 0.2) is 30.5 Å². The molecule has 1 aliphatic heterocycles. The summed E-state index contributed by atoms with van der Waals surface area (Å²) in [5.74, 6) is 0.104. The van der Waals surface area contributed by atoms with E-state index in [4.69, 9.17) is 4.74 Å². The fourth-order valence-electron chi connectivity index (χ4n) is 2.74. The molecule has 1 aromatic heterocycles. The van der Waals surface area contributed by atoms with Gasteiger partial charge in [-0.1, -0.05) is 18.2 Å². The van der Waals surface area contributed by atoms with Gasteiger partial charge in [-0.2, -0.15) is 0 Å². The average molecular weight is 300 g/mol. The highest BCUT2D eigenvalue weighted by Gasteiger charge is 2.27. The molecule has 1 aliphatic rings. The van der Waals surface area contributed by atoms with Crippen LogP contribution in [-0.2, 0) is 9.53 Å². The van der Waals surface area contributed by atoms with Crippen molar-refractivity contribution >= 4 is 28.6 Å². The van der Waals surface area contributed by atoms with Crippen LogP contribution in [0.4, 0.5) is 10.5 Å². The molecule has 0 spiro atoms. The van der Waals surface area contributed by atoms with Gasteiger partial charge >= 0.3 is 6.09 Å². The predicted molar refractivity (Wildman–Crippen MR) is 85.2 cm³/mol. The number of hydrogen-bond acceptors (Lipinski definition) is 3. The first kappa shape index (κ1) is 14.6. The molecule has 0 radical (unpaired) electrons. The van der Waals surface area contributed by atoms with Crippen molar-refractivity contribution < 1.29 is 14.3 Å². The minimum Gasteiger partial charge on any atom is -0.443 e. The lowest BCUT2D eigenvalue weighted by atomic mass is 10.2. The molecule has 1 fully saturated rings. The van der Waals surface area contributed by atoms with Crippen molar-refractivity contribution in [2.75, 3.05) is 11.4 Å². The van der Waals surface area contributed by atoms with Gasteiger partial charge in [0.15, 0.2) is 0 Å². The maximum atomic E-state index is 12.4. The monoisotopic (exact) mass is 300 g/mol. The second-order valence-electron chi connectivity index (χ2n) is 6.53. The van der Waals surface area contributed by atoms with Crippen LogP contribution in [0.5, 0.6) is 0 Å². The van der Waals surface area contributed by atoms with E-state index in [-0.39, 0.29) is 5.91 Å². The molecule has 1 saturated heterocycles. The zero-order chi connectivity index (χ0) is 15.9. The summed E-state index contributed by atoms with van der Waals surface area (Å²) >= 11 is 0. The van der Waals surface area contributed by atoms with Gasteiger partial charge in [0, 0.05) is 24.5 Å². The number of nitrogens with zero attached hydrogens (tertiary/aromatic N) is 2. The molecule has 0 bridgehead atoms. The Hall–Kier alpha value is -2.30. The van der Waals surface area contributed by atoms with Crippen LogP contribution in [0, 0.1) is 0 Å². The van der Waals surface area contributed by atoms with Crippen molar-refractivity contribution in [3.05, 3.63) is 30.5 Å². The molecule has 5 heteroatoms. The number of rotatable bonds is 1. The summed E-state index contributed by atoms with van der Waals surface area (Å²) in [6.45, 7) is 6.20. The van der Waals surface area contributed by atoms with Gasteiger partial charge in [-0.3, -0.25) is 9.36 Å². The molecule has 0 N–H and O–H groups in total. The van der Waals surface area contributed by atoms with Crippen molar-refractivity contribution in [3.63, 3.8) is 0 Å². The Bertz CT molecular complexity index is 740. The Balaban J connectivity index is 2.08. The molecule has 2 aromatic rings. The Labute approximate surface area is 129 Å². The molecular weight excluding hydrogens is 280 g/mol. The lowest BCUT2D eigenvalue weighted by Crippen LogP contribution is -2.27. The fourth-order valence-corrected chi connectivity index (χ4v) is 2.74. The van der Waals surface area contributed by atoms with Crippen LogP contribution in [0.3, 0.4) is 0 Å². The molecule has 3 rings (SSSR count). The van der Waals surface area contributed by atoms with Crippen LogP contribution in [0.1, 0.15) is 33.6 Å². The Kier molecular flexibility index (Phi) is 3.43. The molecule has 5 nitrogen and oxygen atoms in total. The molecule has 1 aromatic carbocycles. The van der Waals surface area contributed by atoms with Gasteiger partial charge in [0.05, 0.1) is 11.2 Å². The third-order valence-electron chi connectivity index (χ3n) is 3.65. The Morgan fingerprint density at radius 1 is 1.23 bits per heavy atom. The maximum Gasteiger partial charge on any atom is 0.419 e. The van der Waals surface area contributed by atoms with E-state index < -0.39 is 11.7 Å². The lowest BCUT2D eigenvalue weighted by molar-refractivity contribution is -0.117. The Morgan fingerprint density at radius 2 is 1.95 bits per heavy atom. The number of benzene rings is 1. The summed E-state index contributed by atoms with van der Waals surface area (Å²) < 4.78 is 6.94. The van der Waals surface area contributed by atoms with Crippen LogP contribution in [0.25, 0.3) is 10.9 Å². The zero-order valence-corrected chi connectivity index (χ0v) is 13.1. The van der Waals surface area contributed by atoms with E-state index in [9.17, 15) is 9.59 Å². The quantitative estimate of drug-likeness (QED) is 0.809.